The van der Waals surface area contributed by atoms with Crippen LogP contribution in [0.25, 0.3) is 138 Å². The highest BCUT2D eigenvalue weighted by molar-refractivity contribution is 6.14. The van der Waals surface area contributed by atoms with Crippen molar-refractivity contribution in [1.29, 1.82) is 0 Å². The topological polar surface area (TPSA) is 8.17 Å². The third-order valence-electron chi connectivity index (χ3n) is 19.0. The van der Waals surface area contributed by atoms with Gasteiger partial charge in [-0.3, -0.25) is 0 Å². The largest absolute Gasteiger partial charge is 0.310 e. The maximum absolute atomic E-state index is 2.42. The number of para-hydroxylation sites is 1. The Bertz CT molecular complexity index is 5440. The average Bonchev–Trinajstić information content (AvgIpc) is 1.85. The summed E-state index contributed by atoms with van der Waals surface area (Å²) in [6.45, 7) is 4.72. The van der Waals surface area contributed by atoms with E-state index in [-0.39, 0.29) is 5.41 Å². The zero-order valence-electron chi connectivity index (χ0n) is 49.6. The van der Waals surface area contributed by atoms with Crippen LogP contribution in [-0.4, -0.2) is 4.57 Å². The molecule has 89 heavy (non-hydrogen) atoms. The Morgan fingerprint density at radius 3 is 1.35 bits per heavy atom. The molecule has 2 heteroatoms. The van der Waals surface area contributed by atoms with Crippen LogP contribution in [0.4, 0.5) is 17.1 Å². The molecule has 1 aliphatic rings. The van der Waals surface area contributed by atoms with Crippen molar-refractivity contribution in [3.63, 3.8) is 0 Å². The quantitative estimate of drug-likeness (QED) is 0.132. The normalized spacial score (nSPS) is 12.5. The third kappa shape index (κ3) is 8.86. The van der Waals surface area contributed by atoms with Crippen molar-refractivity contribution in [3.8, 4) is 83.6 Å². The van der Waals surface area contributed by atoms with Gasteiger partial charge in [-0.1, -0.05) is 250 Å². The van der Waals surface area contributed by atoms with Gasteiger partial charge < -0.3 is 9.47 Å². The number of fused-ring (bicyclic) bond motifs is 9. The van der Waals surface area contributed by atoms with Gasteiger partial charge in [-0.15, -0.1) is 0 Å². The standard InChI is InChI=1S/C87H60N2/c1-87(2)82-30-14-13-27-77(82)78-46-45-73(56-83(78)87)88(71-41-35-60(36-42-71)57-17-5-3-6-18-57)72-43-37-61(38-44-72)65-39-49-84-80(54-65)81-55-66(40-50-85(81)89(84)70-25-7-4-8-26-70)64-23-15-24-67(53-64)75-28-16-29-79-74(68-33-31-58-19-9-11-21-62(58)51-68)47-48-76(86(75)79)69-34-32-59-20-10-12-22-63(59)52-69/h3-56H,1-2H3. The molecular formula is C87H60N2. The van der Waals surface area contributed by atoms with E-state index in [2.05, 4.69) is 351 Å². The Morgan fingerprint density at radius 2 is 0.674 bits per heavy atom. The number of nitrogens with zero attached hydrogens (tertiary/aromatic N) is 2. The van der Waals surface area contributed by atoms with Crippen molar-refractivity contribution in [2.75, 3.05) is 4.90 Å². The van der Waals surface area contributed by atoms with Gasteiger partial charge in [0, 0.05) is 38.9 Å². The molecule has 0 saturated heterocycles. The highest BCUT2D eigenvalue weighted by atomic mass is 15.1. The lowest BCUT2D eigenvalue weighted by atomic mass is 9.82. The molecule has 1 aliphatic carbocycles. The Morgan fingerprint density at radius 1 is 0.247 bits per heavy atom. The van der Waals surface area contributed by atoms with Gasteiger partial charge in [0.25, 0.3) is 0 Å². The minimum atomic E-state index is -0.131. The van der Waals surface area contributed by atoms with Crippen molar-refractivity contribution >= 4 is 71.2 Å². The molecule has 1 aromatic heterocycles. The zero-order chi connectivity index (χ0) is 59.2. The second-order valence-electron chi connectivity index (χ2n) is 24.4. The van der Waals surface area contributed by atoms with Crippen molar-refractivity contribution in [3.05, 3.63) is 339 Å². The van der Waals surface area contributed by atoms with Gasteiger partial charge in [0.2, 0.25) is 0 Å². The predicted octanol–water partition coefficient (Wildman–Crippen LogP) is 24.0. The van der Waals surface area contributed by atoms with Gasteiger partial charge in [0.05, 0.1) is 11.0 Å². The fraction of sp³-hybridized carbons (Fsp3) is 0.0345. The van der Waals surface area contributed by atoms with Gasteiger partial charge in [0.15, 0.2) is 0 Å². The Hall–Kier alpha value is -11.3. The Balaban J connectivity index is 0.773. The first-order valence-corrected chi connectivity index (χ1v) is 31.0. The molecule has 0 N–H and O–H groups in total. The minimum Gasteiger partial charge on any atom is -0.310 e. The molecule has 0 bridgehead atoms. The zero-order valence-corrected chi connectivity index (χ0v) is 49.6. The van der Waals surface area contributed by atoms with Crippen LogP contribution in [0.5, 0.6) is 0 Å². The van der Waals surface area contributed by atoms with E-state index in [9.17, 15) is 0 Å². The van der Waals surface area contributed by atoms with Gasteiger partial charge in [-0.25, -0.2) is 0 Å². The number of aromatic nitrogens is 1. The van der Waals surface area contributed by atoms with E-state index in [4.69, 9.17) is 0 Å². The molecule has 17 rings (SSSR count). The third-order valence-corrected chi connectivity index (χ3v) is 19.0. The molecule has 0 amide bonds. The first-order chi connectivity index (χ1) is 43.9. The van der Waals surface area contributed by atoms with Gasteiger partial charge >= 0.3 is 0 Å². The lowest BCUT2D eigenvalue weighted by molar-refractivity contribution is 0.660. The lowest BCUT2D eigenvalue weighted by Gasteiger charge is -2.28. The number of anilines is 3. The van der Waals surface area contributed by atoms with Gasteiger partial charge in [-0.05, 0) is 212 Å². The lowest BCUT2D eigenvalue weighted by Crippen LogP contribution is -2.16. The fourth-order valence-corrected chi connectivity index (χ4v) is 14.5. The van der Waals surface area contributed by atoms with E-state index in [0.717, 1.165) is 28.3 Å². The van der Waals surface area contributed by atoms with E-state index in [1.165, 1.54) is 138 Å². The molecule has 418 valence electrons. The second kappa shape index (κ2) is 21.0. The first-order valence-electron chi connectivity index (χ1n) is 31.0. The molecule has 0 radical (unpaired) electrons. The Labute approximate surface area is 519 Å². The monoisotopic (exact) mass is 1130 g/mol. The van der Waals surface area contributed by atoms with E-state index in [1.54, 1.807) is 0 Å². The van der Waals surface area contributed by atoms with Crippen molar-refractivity contribution in [1.82, 2.24) is 4.57 Å². The molecule has 0 atom stereocenters. The maximum Gasteiger partial charge on any atom is 0.0541 e. The molecule has 2 nitrogen and oxygen atoms in total. The summed E-state index contributed by atoms with van der Waals surface area (Å²) in [6.07, 6.45) is 0. The summed E-state index contributed by atoms with van der Waals surface area (Å²) in [5.41, 5.74) is 26.4. The van der Waals surface area contributed by atoms with Gasteiger partial charge in [-0.2, -0.15) is 0 Å². The van der Waals surface area contributed by atoms with Crippen LogP contribution in [0, 0.1) is 0 Å². The molecule has 0 fully saturated rings. The van der Waals surface area contributed by atoms with E-state index in [0.29, 0.717) is 0 Å². The number of benzene rings is 15. The summed E-state index contributed by atoms with van der Waals surface area (Å²) in [7, 11) is 0. The number of rotatable bonds is 10. The van der Waals surface area contributed by atoms with E-state index < -0.39 is 0 Å². The number of hydrogen-bond donors (Lipinski definition) is 0. The van der Waals surface area contributed by atoms with Crippen LogP contribution >= 0.6 is 0 Å². The van der Waals surface area contributed by atoms with E-state index in [1.807, 2.05) is 0 Å². The first kappa shape index (κ1) is 52.0. The second-order valence-corrected chi connectivity index (χ2v) is 24.4. The smallest absolute Gasteiger partial charge is 0.0541 e. The van der Waals surface area contributed by atoms with E-state index >= 15 is 0 Å². The highest BCUT2D eigenvalue weighted by Crippen LogP contribution is 2.51. The summed E-state index contributed by atoms with van der Waals surface area (Å²) < 4.78 is 2.42. The molecule has 15 aromatic carbocycles. The van der Waals surface area contributed by atoms with Crippen LogP contribution in [-0.2, 0) is 5.41 Å². The summed E-state index contributed by atoms with van der Waals surface area (Å²) in [5, 5.41) is 9.85. The van der Waals surface area contributed by atoms with Crippen LogP contribution < -0.4 is 4.90 Å². The average molecular weight is 1130 g/mol. The predicted molar refractivity (Wildman–Crippen MR) is 378 cm³/mol. The van der Waals surface area contributed by atoms with Crippen molar-refractivity contribution in [2.45, 2.75) is 19.3 Å². The molecular weight excluding hydrogens is 1070 g/mol. The van der Waals surface area contributed by atoms with Crippen LogP contribution in [0.15, 0.2) is 328 Å². The summed E-state index contributed by atoms with van der Waals surface area (Å²) in [6, 6.07) is 121. The summed E-state index contributed by atoms with van der Waals surface area (Å²) in [5.74, 6) is 0. The highest BCUT2D eigenvalue weighted by Gasteiger charge is 2.36. The van der Waals surface area contributed by atoms with Crippen LogP contribution in [0.1, 0.15) is 25.0 Å². The summed E-state index contributed by atoms with van der Waals surface area (Å²) in [4.78, 5) is 2.42. The van der Waals surface area contributed by atoms with Crippen molar-refractivity contribution < 1.29 is 0 Å². The molecule has 0 unspecified atom stereocenters. The fourth-order valence-electron chi connectivity index (χ4n) is 14.5. The SMILES string of the molecule is CC1(C)c2ccccc2-c2ccc(N(c3ccc(-c4ccccc4)cc3)c3ccc(-c4ccc5c(c4)c4cc(-c6cccc(-c7cccc8c(-c9ccc%10ccccc%10c9)ccc(-c9ccc%10ccccc%10c9)c78)c6)ccc4n5-c4ccccc4)cc3)cc21. The van der Waals surface area contributed by atoms with Crippen LogP contribution in [0.3, 0.4) is 0 Å². The van der Waals surface area contributed by atoms with Crippen LogP contribution in [0.2, 0.25) is 0 Å². The maximum atomic E-state index is 2.42. The van der Waals surface area contributed by atoms with Crippen molar-refractivity contribution in [2.24, 2.45) is 0 Å². The van der Waals surface area contributed by atoms with Gasteiger partial charge in [0.1, 0.15) is 0 Å². The Kier molecular flexibility index (Phi) is 12.3. The summed E-state index contributed by atoms with van der Waals surface area (Å²) >= 11 is 0. The molecule has 1 heterocycles. The molecule has 0 spiro atoms. The number of hydrogen-bond acceptors (Lipinski definition) is 1. The minimum absolute atomic E-state index is 0.131. The molecule has 16 aromatic rings. The molecule has 0 aliphatic heterocycles. The molecule has 0 saturated carbocycles.